The van der Waals surface area contributed by atoms with Crippen LogP contribution in [0.1, 0.15) is 16.3 Å². The lowest BCUT2D eigenvalue weighted by atomic mass is 10.3. The molecule has 0 radical (unpaired) electrons. The van der Waals surface area contributed by atoms with E-state index in [2.05, 4.69) is 30.9 Å². The van der Waals surface area contributed by atoms with Crippen LogP contribution in [-0.4, -0.2) is 32.6 Å². The van der Waals surface area contributed by atoms with Crippen LogP contribution in [0.5, 0.6) is 0 Å². The Hall–Kier alpha value is -2.28. The standard InChI is InChI=1S/C14H11BrN4O2/c1-21-14(20)13-18-11-7-16-6-10(15)12(11)19(13)8-9-4-2-3-5-17-9/h2-7H,8H2,1H3. The van der Waals surface area contributed by atoms with Crippen LogP contribution in [0.25, 0.3) is 11.0 Å². The molecule has 0 spiro atoms. The summed E-state index contributed by atoms with van der Waals surface area (Å²) in [4.78, 5) is 24.6. The van der Waals surface area contributed by atoms with Crippen molar-refractivity contribution in [1.29, 1.82) is 0 Å². The molecular formula is C14H11BrN4O2. The van der Waals surface area contributed by atoms with Gasteiger partial charge in [0.15, 0.2) is 0 Å². The molecule has 0 aromatic carbocycles. The number of ether oxygens (including phenoxy) is 1. The molecule has 0 aliphatic rings. The third-order valence-electron chi connectivity index (χ3n) is 3.02. The quantitative estimate of drug-likeness (QED) is 0.681. The smallest absolute Gasteiger partial charge is 0.374 e. The monoisotopic (exact) mass is 346 g/mol. The fraction of sp³-hybridized carbons (Fsp3) is 0.143. The van der Waals surface area contributed by atoms with Gasteiger partial charge in [0.1, 0.15) is 5.52 Å². The first kappa shape index (κ1) is 13.7. The van der Waals surface area contributed by atoms with Crippen molar-refractivity contribution in [2.24, 2.45) is 0 Å². The lowest BCUT2D eigenvalue weighted by molar-refractivity contribution is 0.0582. The highest BCUT2D eigenvalue weighted by Crippen LogP contribution is 2.25. The van der Waals surface area contributed by atoms with E-state index in [9.17, 15) is 4.79 Å². The molecule has 3 heterocycles. The molecule has 3 aromatic rings. The van der Waals surface area contributed by atoms with Gasteiger partial charge in [0.05, 0.1) is 35.5 Å². The molecular weight excluding hydrogens is 336 g/mol. The number of nitrogens with zero attached hydrogens (tertiary/aromatic N) is 4. The van der Waals surface area contributed by atoms with Gasteiger partial charge in [-0.05, 0) is 28.1 Å². The Morgan fingerprint density at radius 1 is 1.38 bits per heavy atom. The second kappa shape index (κ2) is 5.61. The van der Waals surface area contributed by atoms with Crippen molar-refractivity contribution >= 4 is 32.9 Å². The number of hydrogen-bond acceptors (Lipinski definition) is 5. The summed E-state index contributed by atoms with van der Waals surface area (Å²) in [5.74, 6) is -0.263. The summed E-state index contributed by atoms with van der Waals surface area (Å²) < 4.78 is 7.34. The third kappa shape index (κ3) is 2.52. The molecule has 0 amide bonds. The molecule has 3 rings (SSSR count). The summed E-state index contributed by atoms with van der Waals surface area (Å²) in [6.07, 6.45) is 4.99. The van der Waals surface area contributed by atoms with E-state index in [1.807, 2.05) is 18.2 Å². The maximum atomic E-state index is 11.9. The molecule has 0 saturated carbocycles. The number of halogens is 1. The average molecular weight is 347 g/mol. The fourth-order valence-electron chi connectivity index (χ4n) is 2.10. The van der Waals surface area contributed by atoms with E-state index in [0.717, 1.165) is 15.7 Å². The van der Waals surface area contributed by atoms with Gasteiger partial charge < -0.3 is 9.30 Å². The lowest BCUT2D eigenvalue weighted by Gasteiger charge is -2.08. The van der Waals surface area contributed by atoms with Crippen LogP contribution in [0.4, 0.5) is 0 Å². The van der Waals surface area contributed by atoms with Gasteiger partial charge in [-0.1, -0.05) is 6.07 Å². The Bertz CT molecular complexity index is 801. The summed E-state index contributed by atoms with van der Waals surface area (Å²) in [6, 6.07) is 5.63. The first-order valence-electron chi connectivity index (χ1n) is 6.18. The number of rotatable bonds is 3. The van der Waals surface area contributed by atoms with E-state index >= 15 is 0 Å². The molecule has 0 fully saturated rings. The molecule has 0 N–H and O–H groups in total. The van der Waals surface area contributed by atoms with Crippen molar-refractivity contribution < 1.29 is 9.53 Å². The molecule has 3 aromatic heterocycles. The predicted octanol–water partition coefficient (Wildman–Crippen LogP) is 2.42. The van der Waals surface area contributed by atoms with E-state index in [1.54, 1.807) is 23.2 Å². The highest BCUT2D eigenvalue weighted by atomic mass is 79.9. The van der Waals surface area contributed by atoms with Crippen LogP contribution in [-0.2, 0) is 11.3 Å². The number of carbonyl (C=O) groups excluding carboxylic acids is 1. The minimum Gasteiger partial charge on any atom is -0.463 e. The average Bonchev–Trinajstić information content (AvgIpc) is 2.87. The Balaban J connectivity index is 2.20. The fourth-order valence-corrected chi connectivity index (χ4v) is 2.64. The summed E-state index contributed by atoms with van der Waals surface area (Å²) in [6.45, 7) is 0.421. The summed E-state index contributed by atoms with van der Waals surface area (Å²) >= 11 is 3.45. The van der Waals surface area contributed by atoms with Crippen molar-refractivity contribution in [1.82, 2.24) is 19.5 Å². The number of hydrogen-bond donors (Lipinski definition) is 0. The van der Waals surface area contributed by atoms with Crippen LogP contribution in [0.3, 0.4) is 0 Å². The molecule has 106 valence electrons. The van der Waals surface area contributed by atoms with Gasteiger partial charge in [0.25, 0.3) is 0 Å². The van der Waals surface area contributed by atoms with Gasteiger partial charge in [-0.15, -0.1) is 0 Å². The lowest BCUT2D eigenvalue weighted by Crippen LogP contribution is -2.13. The normalized spacial score (nSPS) is 10.8. The number of fused-ring (bicyclic) bond motifs is 1. The summed E-state index contributed by atoms with van der Waals surface area (Å²) in [5, 5.41) is 0. The van der Waals surface area contributed by atoms with Crippen molar-refractivity contribution in [2.45, 2.75) is 6.54 Å². The maximum Gasteiger partial charge on any atom is 0.374 e. The Morgan fingerprint density at radius 3 is 2.95 bits per heavy atom. The predicted molar refractivity (Wildman–Crippen MR) is 79.9 cm³/mol. The summed E-state index contributed by atoms with van der Waals surface area (Å²) in [5.41, 5.74) is 2.24. The first-order valence-corrected chi connectivity index (χ1v) is 6.98. The topological polar surface area (TPSA) is 69.9 Å². The van der Waals surface area contributed by atoms with Gasteiger partial charge in [-0.25, -0.2) is 9.78 Å². The second-order valence-electron chi connectivity index (χ2n) is 4.32. The first-order chi connectivity index (χ1) is 10.2. The Morgan fingerprint density at radius 2 is 2.24 bits per heavy atom. The van der Waals surface area contributed by atoms with Gasteiger partial charge in [0, 0.05) is 12.4 Å². The van der Waals surface area contributed by atoms with Crippen LogP contribution < -0.4 is 0 Å². The van der Waals surface area contributed by atoms with Crippen LogP contribution in [0, 0.1) is 0 Å². The number of aromatic nitrogens is 4. The maximum absolute atomic E-state index is 11.9. The van der Waals surface area contributed by atoms with Crippen molar-refractivity contribution in [3.05, 3.63) is 52.8 Å². The number of carbonyl (C=O) groups is 1. The van der Waals surface area contributed by atoms with Crippen LogP contribution in [0.2, 0.25) is 0 Å². The van der Waals surface area contributed by atoms with Crippen LogP contribution >= 0.6 is 15.9 Å². The van der Waals surface area contributed by atoms with Crippen molar-refractivity contribution in [2.75, 3.05) is 7.11 Å². The Labute approximate surface area is 128 Å². The van der Waals surface area contributed by atoms with E-state index in [0.29, 0.717) is 12.1 Å². The Kier molecular flexibility index (Phi) is 3.66. The largest absolute Gasteiger partial charge is 0.463 e. The molecule has 7 heteroatoms. The highest BCUT2D eigenvalue weighted by Gasteiger charge is 2.20. The molecule has 0 bridgehead atoms. The van der Waals surface area contributed by atoms with Crippen LogP contribution in [0.15, 0.2) is 41.3 Å². The highest BCUT2D eigenvalue weighted by molar-refractivity contribution is 9.10. The molecule has 6 nitrogen and oxygen atoms in total. The number of pyridine rings is 2. The number of methoxy groups -OCH3 is 1. The molecule has 0 saturated heterocycles. The number of esters is 1. The number of imidazole rings is 1. The molecule has 21 heavy (non-hydrogen) atoms. The van der Waals surface area contributed by atoms with E-state index in [4.69, 9.17) is 4.74 Å². The van der Waals surface area contributed by atoms with Crippen molar-refractivity contribution in [3.8, 4) is 0 Å². The minimum atomic E-state index is -0.492. The second-order valence-corrected chi connectivity index (χ2v) is 5.18. The van der Waals surface area contributed by atoms with Gasteiger partial charge in [0.2, 0.25) is 5.82 Å². The summed E-state index contributed by atoms with van der Waals surface area (Å²) in [7, 11) is 1.33. The van der Waals surface area contributed by atoms with Gasteiger partial charge >= 0.3 is 5.97 Å². The van der Waals surface area contributed by atoms with E-state index < -0.39 is 5.97 Å². The van der Waals surface area contributed by atoms with E-state index in [-0.39, 0.29) is 5.82 Å². The van der Waals surface area contributed by atoms with E-state index in [1.165, 1.54) is 7.11 Å². The minimum absolute atomic E-state index is 0.229. The molecule has 0 aliphatic carbocycles. The molecule has 0 atom stereocenters. The third-order valence-corrected chi connectivity index (χ3v) is 3.60. The zero-order valence-corrected chi connectivity index (χ0v) is 12.7. The van der Waals surface area contributed by atoms with Gasteiger partial charge in [-0.2, -0.15) is 0 Å². The zero-order valence-electron chi connectivity index (χ0n) is 11.2. The SMILES string of the molecule is COC(=O)c1nc2cncc(Br)c2n1Cc1ccccn1. The molecule has 0 aliphatic heterocycles. The van der Waals surface area contributed by atoms with Gasteiger partial charge in [-0.3, -0.25) is 9.97 Å². The van der Waals surface area contributed by atoms with Crippen molar-refractivity contribution in [3.63, 3.8) is 0 Å². The molecule has 0 unspecified atom stereocenters. The zero-order chi connectivity index (χ0) is 14.8.